The van der Waals surface area contributed by atoms with Crippen molar-refractivity contribution in [2.75, 3.05) is 6.61 Å². The monoisotopic (exact) mass is 414 g/mol. The van der Waals surface area contributed by atoms with Crippen molar-refractivity contribution in [3.05, 3.63) is 50.9 Å². The molecule has 1 aromatic carbocycles. The molecule has 0 saturated heterocycles. The molecular weight excluding hydrogens is 401 g/mol. The molecular formula is C18H14Cl2F2N2O3. The summed E-state index contributed by atoms with van der Waals surface area (Å²) in [6, 6.07) is 5.91. The van der Waals surface area contributed by atoms with Gasteiger partial charge in [0.1, 0.15) is 17.1 Å². The van der Waals surface area contributed by atoms with E-state index in [1.165, 1.54) is 30.5 Å². The minimum atomic E-state index is -2.80. The van der Waals surface area contributed by atoms with Crippen molar-refractivity contribution in [2.45, 2.75) is 19.9 Å². The third-order valence-corrected chi connectivity index (χ3v) is 4.52. The number of alkyl halides is 2. The van der Waals surface area contributed by atoms with Crippen LogP contribution in [0.25, 0.3) is 22.2 Å². The van der Waals surface area contributed by atoms with Crippen LogP contribution < -0.4 is 10.3 Å². The van der Waals surface area contributed by atoms with Crippen molar-refractivity contribution in [1.29, 1.82) is 0 Å². The lowest BCUT2D eigenvalue weighted by molar-refractivity contribution is 0.126. The minimum absolute atomic E-state index is 0.0438. The summed E-state index contributed by atoms with van der Waals surface area (Å²) in [5.74, 6) is -0.343. The largest absolute Gasteiger partial charge is 0.506 e. The highest BCUT2D eigenvalue weighted by Crippen LogP contribution is 2.44. The molecule has 1 N–H and O–H groups in total. The molecule has 3 aromatic rings. The number of rotatable bonds is 5. The van der Waals surface area contributed by atoms with Crippen LogP contribution in [0.1, 0.15) is 6.92 Å². The summed E-state index contributed by atoms with van der Waals surface area (Å²) >= 11 is 12.4. The molecule has 0 fully saturated rings. The van der Waals surface area contributed by atoms with Crippen LogP contribution in [0.15, 0.2) is 35.3 Å². The summed E-state index contributed by atoms with van der Waals surface area (Å²) in [7, 11) is 0. The minimum Gasteiger partial charge on any atom is -0.506 e. The molecule has 0 aliphatic carbocycles. The Morgan fingerprint density at radius 3 is 2.59 bits per heavy atom. The first-order chi connectivity index (χ1) is 12.9. The molecule has 0 radical (unpaired) electrons. The van der Waals surface area contributed by atoms with E-state index in [1.807, 2.05) is 0 Å². The number of ether oxygens (including phenoxy) is 1. The van der Waals surface area contributed by atoms with Gasteiger partial charge in [0.15, 0.2) is 0 Å². The first-order valence-corrected chi connectivity index (χ1v) is 8.72. The van der Waals surface area contributed by atoms with Crippen LogP contribution in [0.5, 0.6) is 11.5 Å². The summed E-state index contributed by atoms with van der Waals surface area (Å²) < 4.78 is 32.5. The Bertz CT molecular complexity index is 1070. The second-order valence-corrected chi connectivity index (χ2v) is 6.39. The van der Waals surface area contributed by atoms with Gasteiger partial charge in [0.2, 0.25) is 0 Å². The van der Waals surface area contributed by atoms with E-state index in [2.05, 4.69) is 4.98 Å². The SMILES string of the molecule is CCOc1c(Cl)ccc(Cl)c1-c1c(O)c2cccnc2n(CC(F)F)c1=O. The van der Waals surface area contributed by atoms with Crippen molar-refractivity contribution in [2.24, 2.45) is 0 Å². The molecule has 3 rings (SSSR count). The molecule has 0 atom stereocenters. The number of halogens is 4. The highest BCUT2D eigenvalue weighted by molar-refractivity contribution is 6.37. The maximum absolute atomic E-state index is 13.1. The van der Waals surface area contributed by atoms with Crippen molar-refractivity contribution in [3.63, 3.8) is 0 Å². The van der Waals surface area contributed by atoms with E-state index in [0.717, 1.165) is 4.57 Å². The maximum atomic E-state index is 13.1. The first kappa shape index (κ1) is 19.4. The van der Waals surface area contributed by atoms with E-state index in [9.17, 15) is 18.7 Å². The van der Waals surface area contributed by atoms with Crippen LogP contribution in [-0.4, -0.2) is 27.7 Å². The van der Waals surface area contributed by atoms with Crippen LogP contribution in [0.3, 0.4) is 0 Å². The second kappa shape index (κ2) is 7.70. The van der Waals surface area contributed by atoms with E-state index >= 15 is 0 Å². The fourth-order valence-corrected chi connectivity index (χ4v) is 3.30. The van der Waals surface area contributed by atoms with Crippen molar-refractivity contribution < 1.29 is 18.6 Å². The van der Waals surface area contributed by atoms with E-state index in [0.29, 0.717) is 0 Å². The number of hydrogen-bond acceptors (Lipinski definition) is 4. The highest BCUT2D eigenvalue weighted by atomic mass is 35.5. The third-order valence-electron chi connectivity index (χ3n) is 3.91. The summed E-state index contributed by atoms with van der Waals surface area (Å²) in [6.45, 7) is 1.04. The fraction of sp³-hybridized carbons (Fsp3) is 0.222. The van der Waals surface area contributed by atoms with Gasteiger partial charge in [-0.1, -0.05) is 23.2 Å². The lowest BCUT2D eigenvalue weighted by atomic mass is 10.0. The summed E-state index contributed by atoms with van der Waals surface area (Å²) in [5, 5.41) is 11.1. The number of fused-ring (bicyclic) bond motifs is 1. The van der Waals surface area contributed by atoms with Crippen molar-refractivity contribution in [1.82, 2.24) is 9.55 Å². The number of hydrogen-bond donors (Lipinski definition) is 1. The molecule has 0 amide bonds. The van der Waals surface area contributed by atoms with Gasteiger partial charge in [0, 0.05) is 6.20 Å². The average Bonchev–Trinajstić information content (AvgIpc) is 2.64. The van der Waals surface area contributed by atoms with Crippen LogP contribution >= 0.6 is 23.2 Å². The van der Waals surface area contributed by atoms with Gasteiger partial charge in [-0.3, -0.25) is 9.36 Å². The molecule has 2 heterocycles. The van der Waals surface area contributed by atoms with Crippen molar-refractivity contribution in [3.8, 4) is 22.6 Å². The van der Waals surface area contributed by atoms with Crippen LogP contribution in [0.4, 0.5) is 8.78 Å². The fourth-order valence-electron chi connectivity index (χ4n) is 2.85. The Morgan fingerprint density at radius 2 is 1.93 bits per heavy atom. The Hall–Kier alpha value is -2.38. The quantitative estimate of drug-likeness (QED) is 0.654. The Kier molecular flexibility index (Phi) is 5.53. The number of aromatic hydroxyl groups is 1. The van der Waals surface area contributed by atoms with Crippen molar-refractivity contribution >= 4 is 34.2 Å². The normalized spacial score (nSPS) is 11.3. The highest BCUT2D eigenvalue weighted by Gasteiger charge is 2.25. The zero-order chi connectivity index (χ0) is 19.7. The van der Waals surface area contributed by atoms with Gasteiger partial charge < -0.3 is 9.84 Å². The number of aromatic nitrogens is 2. The summed E-state index contributed by atoms with van der Waals surface area (Å²) in [5.41, 5.74) is -1.15. The van der Waals surface area contributed by atoms with Crippen LogP contribution in [0.2, 0.25) is 10.0 Å². The van der Waals surface area contributed by atoms with E-state index in [1.54, 1.807) is 6.92 Å². The zero-order valence-electron chi connectivity index (χ0n) is 14.0. The van der Waals surface area contributed by atoms with Gasteiger partial charge in [-0.15, -0.1) is 0 Å². The molecule has 0 aliphatic heterocycles. The predicted octanol–water partition coefficient (Wildman–Crippen LogP) is 4.74. The second-order valence-electron chi connectivity index (χ2n) is 5.57. The molecule has 27 heavy (non-hydrogen) atoms. The lowest BCUT2D eigenvalue weighted by Crippen LogP contribution is -2.26. The standard InChI is InChI=1S/C18H14Cl2F2N2O3/c1-2-27-16-11(20)6-5-10(19)13(16)14-15(25)9-4-3-7-23-17(9)24(18(14)26)8-12(21)22/h3-7,12,25H,2,8H2,1H3. The third kappa shape index (κ3) is 3.44. The van der Waals surface area contributed by atoms with E-state index < -0.39 is 24.3 Å². The summed E-state index contributed by atoms with van der Waals surface area (Å²) in [4.78, 5) is 17.0. The number of benzene rings is 1. The number of nitrogens with zero attached hydrogens (tertiary/aromatic N) is 2. The van der Waals surface area contributed by atoms with Gasteiger partial charge in [-0.05, 0) is 31.2 Å². The van der Waals surface area contributed by atoms with E-state index in [-0.39, 0.29) is 44.6 Å². The molecule has 0 unspecified atom stereocenters. The molecule has 5 nitrogen and oxygen atoms in total. The lowest BCUT2D eigenvalue weighted by Gasteiger charge is -2.17. The molecule has 9 heteroatoms. The molecule has 0 aliphatic rings. The Labute approximate surface area is 162 Å². The number of pyridine rings is 2. The van der Waals surface area contributed by atoms with E-state index in [4.69, 9.17) is 27.9 Å². The first-order valence-electron chi connectivity index (χ1n) is 7.96. The Balaban J connectivity index is 2.47. The van der Waals surface area contributed by atoms with Gasteiger partial charge in [0.25, 0.3) is 12.0 Å². The van der Waals surface area contributed by atoms with Crippen LogP contribution in [0, 0.1) is 0 Å². The average molecular weight is 415 g/mol. The van der Waals surface area contributed by atoms with Gasteiger partial charge in [0.05, 0.1) is 39.7 Å². The molecule has 0 spiro atoms. The Morgan fingerprint density at radius 1 is 1.22 bits per heavy atom. The zero-order valence-corrected chi connectivity index (χ0v) is 15.6. The molecule has 142 valence electrons. The summed E-state index contributed by atoms with van der Waals surface area (Å²) in [6.07, 6.45) is -1.45. The topological polar surface area (TPSA) is 64.3 Å². The maximum Gasteiger partial charge on any atom is 0.264 e. The smallest absolute Gasteiger partial charge is 0.264 e. The van der Waals surface area contributed by atoms with Crippen LogP contribution in [-0.2, 0) is 6.54 Å². The molecule has 0 saturated carbocycles. The van der Waals surface area contributed by atoms with Gasteiger partial charge >= 0.3 is 0 Å². The van der Waals surface area contributed by atoms with Gasteiger partial charge in [-0.25, -0.2) is 13.8 Å². The van der Waals surface area contributed by atoms with Gasteiger partial charge in [-0.2, -0.15) is 0 Å². The predicted molar refractivity (Wildman–Crippen MR) is 100 cm³/mol. The molecule has 2 aromatic heterocycles. The molecule has 0 bridgehead atoms.